The number of anilines is 2. The van der Waals surface area contributed by atoms with Crippen molar-refractivity contribution in [2.24, 2.45) is 5.92 Å². The largest absolute Gasteiger partial charge is 0.396 e. The van der Waals surface area contributed by atoms with Gasteiger partial charge in [-0.05, 0) is 6.42 Å². The maximum atomic E-state index is 9.17. The number of aliphatic hydroxyl groups excluding tert-OH is 1. The van der Waals surface area contributed by atoms with Gasteiger partial charge >= 0.3 is 0 Å². The average Bonchev–Trinajstić information content (AvgIpc) is 2.95. The van der Waals surface area contributed by atoms with Crippen molar-refractivity contribution in [2.45, 2.75) is 6.42 Å². The molecule has 1 atom stereocenters. The van der Waals surface area contributed by atoms with Gasteiger partial charge in [-0.2, -0.15) is 0 Å². The first kappa shape index (κ1) is 10.3. The fourth-order valence-electron chi connectivity index (χ4n) is 2.32. The second-order valence-electron chi connectivity index (χ2n) is 4.43. The lowest BCUT2D eigenvalue weighted by molar-refractivity contribution is 0.238. The third-order valence-electron chi connectivity index (χ3n) is 3.22. The number of hydrogen-bond donors (Lipinski definition) is 2. The van der Waals surface area contributed by atoms with Crippen LogP contribution in [0.4, 0.5) is 11.6 Å². The first-order valence-corrected chi connectivity index (χ1v) is 5.73. The van der Waals surface area contributed by atoms with E-state index in [1.165, 1.54) is 0 Å². The molecular weight excluding hydrogens is 218 g/mol. The normalized spacial score (nSPS) is 20.3. The van der Waals surface area contributed by atoms with Gasteiger partial charge in [0.1, 0.15) is 5.82 Å². The molecule has 3 N–H and O–H groups in total. The Morgan fingerprint density at radius 1 is 1.53 bits per heavy atom. The number of rotatable bonds is 2. The first-order valence-electron chi connectivity index (χ1n) is 5.73. The predicted molar refractivity (Wildman–Crippen MR) is 64.8 cm³/mol. The molecule has 0 bridgehead atoms. The molecule has 1 saturated heterocycles. The molecule has 0 aliphatic carbocycles. The highest BCUT2D eigenvalue weighted by atomic mass is 16.3. The average molecular weight is 233 g/mol. The Labute approximate surface area is 98.7 Å². The van der Waals surface area contributed by atoms with Crippen LogP contribution in [0.3, 0.4) is 0 Å². The summed E-state index contributed by atoms with van der Waals surface area (Å²) in [4.78, 5) is 10.8. The number of aromatic nitrogens is 3. The fraction of sp³-hybridized carbons (Fsp3) is 0.455. The minimum atomic E-state index is 0.226. The van der Waals surface area contributed by atoms with Crippen molar-refractivity contribution in [2.75, 3.05) is 30.3 Å². The summed E-state index contributed by atoms with van der Waals surface area (Å²) in [6, 6.07) is 0. The van der Waals surface area contributed by atoms with Crippen molar-refractivity contribution in [1.29, 1.82) is 0 Å². The maximum absolute atomic E-state index is 9.17. The van der Waals surface area contributed by atoms with Gasteiger partial charge in [-0.1, -0.05) is 0 Å². The van der Waals surface area contributed by atoms with E-state index in [9.17, 15) is 0 Å². The highest BCUT2D eigenvalue weighted by Gasteiger charge is 2.25. The summed E-state index contributed by atoms with van der Waals surface area (Å²) in [5, 5.41) is 9.17. The fourth-order valence-corrected chi connectivity index (χ4v) is 2.32. The molecular formula is C11H15N5O. The first-order chi connectivity index (χ1) is 8.28. The number of fused-ring (bicyclic) bond motifs is 1. The molecule has 0 saturated carbocycles. The molecule has 90 valence electrons. The van der Waals surface area contributed by atoms with Gasteiger partial charge in [-0.15, -0.1) is 0 Å². The van der Waals surface area contributed by atoms with Crippen molar-refractivity contribution in [3.63, 3.8) is 0 Å². The van der Waals surface area contributed by atoms with Crippen LogP contribution in [0.15, 0.2) is 18.6 Å². The van der Waals surface area contributed by atoms with E-state index in [-0.39, 0.29) is 6.61 Å². The molecule has 3 rings (SSSR count). The van der Waals surface area contributed by atoms with E-state index in [2.05, 4.69) is 14.9 Å². The van der Waals surface area contributed by atoms with Gasteiger partial charge in [0.15, 0.2) is 11.5 Å². The van der Waals surface area contributed by atoms with Crippen LogP contribution in [0.5, 0.6) is 0 Å². The van der Waals surface area contributed by atoms with Gasteiger partial charge in [0, 0.05) is 38.0 Å². The van der Waals surface area contributed by atoms with Crippen molar-refractivity contribution in [3.8, 4) is 0 Å². The minimum Gasteiger partial charge on any atom is -0.396 e. The Morgan fingerprint density at radius 3 is 3.18 bits per heavy atom. The Bertz CT molecular complexity index is 538. The molecule has 17 heavy (non-hydrogen) atoms. The summed E-state index contributed by atoms with van der Waals surface area (Å²) in [6.45, 7) is 1.93. The summed E-state index contributed by atoms with van der Waals surface area (Å²) in [5.41, 5.74) is 6.60. The Kier molecular flexibility index (Phi) is 2.36. The van der Waals surface area contributed by atoms with Gasteiger partial charge in [0.25, 0.3) is 0 Å². The smallest absolute Gasteiger partial charge is 0.180 e. The van der Waals surface area contributed by atoms with Crippen molar-refractivity contribution in [1.82, 2.24) is 14.4 Å². The second-order valence-corrected chi connectivity index (χ2v) is 4.43. The SMILES string of the molecule is Nc1cn2ccnc2c(N2CCC(CO)C2)n1. The van der Waals surface area contributed by atoms with E-state index in [4.69, 9.17) is 10.8 Å². The topological polar surface area (TPSA) is 79.7 Å². The zero-order chi connectivity index (χ0) is 11.8. The molecule has 1 fully saturated rings. The summed E-state index contributed by atoms with van der Waals surface area (Å²) < 4.78 is 1.88. The van der Waals surface area contributed by atoms with Crippen LogP contribution >= 0.6 is 0 Å². The Balaban J connectivity index is 2.02. The lowest BCUT2D eigenvalue weighted by Crippen LogP contribution is -2.23. The van der Waals surface area contributed by atoms with Gasteiger partial charge in [0.05, 0.1) is 6.20 Å². The van der Waals surface area contributed by atoms with E-state index < -0.39 is 0 Å². The lowest BCUT2D eigenvalue weighted by Gasteiger charge is -2.18. The molecule has 2 aromatic heterocycles. The zero-order valence-corrected chi connectivity index (χ0v) is 9.45. The molecule has 1 unspecified atom stereocenters. The standard InChI is InChI=1S/C11H15N5O/c12-9-6-16-4-2-13-10(16)11(14-9)15-3-1-8(5-15)7-17/h2,4,6,8,17H,1,3,5,7,12H2. The summed E-state index contributed by atoms with van der Waals surface area (Å²) >= 11 is 0. The molecule has 1 aliphatic heterocycles. The van der Waals surface area contributed by atoms with Crippen LogP contribution in [0.25, 0.3) is 5.65 Å². The van der Waals surface area contributed by atoms with E-state index in [0.717, 1.165) is 31.0 Å². The molecule has 0 aromatic carbocycles. The number of imidazole rings is 1. The Hall–Kier alpha value is -1.82. The number of nitrogen functional groups attached to an aromatic ring is 1. The van der Waals surface area contributed by atoms with Crippen LogP contribution in [-0.2, 0) is 0 Å². The predicted octanol–water partition coefficient (Wildman–Crippen LogP) is 0.130. The second kappa shape index (κ2) is 3.89. The molecule has 6 nitrogen and oxygen atoms in total. The van der Waals surface area contributed by atoms with E-state index in [1.54, 1.807) is 12.4 Å². The van der Waals surface area contributed by atoms with Gasteiger partial charge < -0.3 is 20.1 Å². The zero-order valence-electron chi connectivity index (χ0n) is 9.45. The van der Waals surface area contributed by atoms with Crippen LogP contribution in [0.1, 0.15) is 6.42 Å². The number of aliphatic hydroxyl groups is 1. The molecule has 0 spiro atoms. The summed E-state index contributed by atoms with van der Waals surface area (Å²) in [6.07, 6.45) is 6.33. The van der Waals surface area contributed by atoms with Crippen LogP contribution in [0, 0.1) is 5.92 Å². The quantitative estimate of drug-likeness (QED) is 0.770. The van der Waals surface area contributed by atoms with Crippen LogP contribution in [0.2, 0.25) is 0 Å². The van der Waals surface area contributed by atoms with Gasteiger partial charge in [-0.25, -0.2) is 9.97 Å². The van der Waals surface area contributed by atoms with Crippen molar-refractivity contribution >= 4 is 17.3 Å². The molecule has 0 radical (unpaired) electrons. The minimum absolute atomic E-state index is 0.226. The van der Waals surface area contributed by atoms with E-state index >= 15 is 0 Å². The molecule has 0 amide bonds. The molecule has 6 heteroatoms. The number of hydrogen-bond acceptors (Lipinski definition) is 5. The lowest BCUT2D eigenvalue weighted by atomic mass is 10.1. The molecule has 2 aromatic rings. The summed E-state index contributed by atoms with van der Waals surface area (Å²) in [7, 11) is 0. The molecule has 3 heterocycles. The summed E-state index contributed by atoms with van der Waals surface area (Å²) in [5.74, 6) is 1.62. The van der Waals surface area contributed by atoms with E-state index in [1.807, 2.05) is 10.6 Å². The van der Waals surface area contributed by atoms with Crippen LogP contribution < -0.4 is 10.6 Å². The van der Waals surface area contributed by atoms with Crippen molar-refractivity contribution < 1.29 is 5.11 Å². The van der Waals surface area contributed by atoms with Gasteiger partial charge in [0.2, 0.25) is 0 Å². The number of nitrogens with two attached hydrogens (primary N) is 1. The van der Waals surface area contributed by atoms with Gasteiger partial charge in [-0.3, -0.25) is 0 Å². The maximum Gasteiger partial charge on any atom is 0.180 e. The number of nitrogens with zero attached hydrogens (tertiary/aromatic N) is 4. The highest BCUT2D eigenvalue weighted by Crippen LogP contribution is 2.25. The van der Waals surface area contributed by atoms with E-state index in [0.29, 0.717) is 11.7 Å². The monoisotopic (exact) mass is 233 g/mol. The molecule has 1 aliphatic rings. The third kappa shape index (κ3) is 1.70. The highest BCUT2D eigenvalue weighted by molar-refractivity contribution is 5.66. The Morgan fingerprint density at radius 2 is 2.41 bits per heavy atom. The third-order valence-corrected chi connectivity index (χ3v) is 3.22. The van der Waals surface area contributed by atoms with Crippen molar-refractivity contribution in [3.05, 3.63) is 18.6 Å². The van der Waals surface area contributed by atoms with Crippen LogP contribution in [-0.4, -0.2) is 39.2 Å².